The minimum atomic E-state index is -4.38. The molecule has 2 aliphatic carbocycles. The van der Waals surface area contributed by atoms with Crippen molar-refractivity contribution < 1.29 is 27.9 Å². The van der Waals surface area contributed by atoms with Crippen LogP contribution in [0.4, 0.5) is 19.0 Å². The van der Waals surface area contributed by atoms with Gasteiger partial charge in [-0.3, -0.25) is 9.59 Å². The van der Waals surface area contributed by atoms with E-state index in [0.717, 1.165) is 37.0 Å². The molecular weight excluding hydrogens is 531 g/mol. The summed E-state index contributed by atoms with van der Waals surface area (Å²) in [5.74, 6) is -0.937. The summed E-state index contributed by atoms with van der Waals surface area (Å²) in [6.07, 6.45) is 3.30. The lowest BCUT2D eigenvalue weighted by Crippen LogP contribution is -2.38. The SMILES string of the molecule is Cc1cc(N[C@@H](C2CC2)C(F)(F)F)ncc1-c1sc(C(=O)N[C@H]2CC[C@H](O)C2)nc1C(=O)N1C2CCC1CC2. The van der Waals surface area contributed by atoms with Crippen LogP contribution in [0.5, 0.6) is 0 Å². The first-order valence-electron chi connectivity index (χ1n) is 13.7. The van der Waals surface area contributed by atoms with Gasteiger partial charge in [-0.25, -0.2) is 9.97 Å². The van der Waals surface area contributed by atoms with Crippen LogP contribution < -0.4 is 10.6 Å². The smallest absolute Gasteiger partial charge is 0.393 e. The van der Waals surface area contributed by atoms with Gasteiger partial charge in [-0.2, -0.15) is 13.2 Å². The average Bonchev–Trinajstić information content (AvgIpc) is 3.21. The molecule has 2 aromatic heterocycles. The second-order valence-electron chi connectivity index (χ2n) is 11.4. The molecule has 2 aliphatic heterocycles. The number of aliphatic hydroxyl groups excluding tert-OH is 1. The quantitative estimate of drug-likeness (QED) is 0.452. The molecule has 6 rings (SSSR count). The Balaban J connectivity index is 1.31. The van der Waals surface area contributed by atoms with Crippen molar-refractivity contribution in [3.8, 4) is 10.4 Å². The number of hydrogen-bond donors (Lipinski definition) is 3. The predicted molar refractivity (Wildman–Crippen MR) is 140 cm³/mol. The summed E-state index contributed by atoms with van der Waals surface area (Å²) in [6, 6.07) is 0.0913. The third-order valence-corrected chi connectivity index (χ3v) is 9.64. The zero-order chi connectivity index (χ0) is 27.5. The number of aryl methyl sites for hydroxylation is 1. The number of carbonyl (C=O) groups is 2. The maximum Gasteiger partial charge on any atom is 0.408 e. The highest BCUT2D eigenvalue weighted by Crippen LogP contribution is 2.43. The number of halogens is 3. The molecule has 2 aromatic rings. The number of hydrogen-bond acceptors (Lipinski definition) is 7. The third-order valence-electron chi connectivity index (χ3n) is 8.56. The summed E-state index contributed by atoms with van der Waals surface area (Å²) in [5.41, 5.74) is 1.39. The third kappa shape index (κ3) is 5.25. The molecule has 2 bridgehead atoms. The van der Waals surface area contributed by atoms with E-state index in [-0.39, 0.29) is 40.6 Å². The summed E-state index contributed by atoms with van der Waals surface area (Å²) < 4.78 is 40.7. The van der Waals surface area contributed by atoms with Gasteiger partial charge in [0, 0.05) is 29.9 Å². The molecule has 210 valence electrons. The fourth-order valence-electron chi connectivity index (χ4n) is 6.38. The van der Waals surface area contributed by atoms with Crippen molar-refractivity contribution >= 4 is 29.0 Å². The highest BCUT2D eigenvalue weighted by molar-refractivity contribution is 7.17. The largest absolute Gasteiger partial charge is 0.408 e. The average molecular weight is 564 g/mol. The highest BCUT2D eigenvalue weighted by Gasteiger charge is 2.49. The summed E-state index contributed by atoms with van der Waals surface area (Å²) in [4.78, 5) is 38.1. The van der Waals surface area contributed by atoms with Crippen LogP contribution in [0.3, 0.4) is 0 Å². The molecule has 2 amide bonds. The van der Waals surface area contributed by atoms with Crippen LogP contribution in [0.2, 0.25) is 0 Å². The van der Waals surface area contributed by atoms with Gasteiger partial charge >= 0.3 is 6.18 Å². The zero-order valence-electron chi connectivity index (χ0n) is 21.6. The number of anilines is 1. The maximum absolute atomic E-state index is 13.8. The maximum atomic E-state index is 13.8. The molecular formula is C27H32F3N5O3S. The van der Waals surface area contributed by atoms with E-state index < -0.39 is 30.1 Å². The fourth-order valence-corrected chi connectivity index (χ4v) is 7.41. The monoisotopic (exact) mass is 563 g/mol. The summed E-state index contributed by atoms with van der Waals surface area (Å²) in [7, 11) is 0. The summed E-state index contributed by atoms with van der Waals surface area (Å²) in [6.45, 7) is 1.76. The molecule has 12 heteroatoms. The van der Waals surface area contributed by atoms with Crippen molar-refractivity contribution in [3.63, 3.8) is 0 Å². The number of nitrogens with one attached hydrogen (secondary N) is 2. The van der Waals surface area contributed by atoms with Crippen LogP contribution in [0.15, 0.2) is 12.3 Å². The zero-order valence-corrected chi connectivity index (χ0v) is 22.4. The lowest BCUT2D eigenvalue weighted by Gasteiger charge is -2.23. The number of aromatic nitrogens is 2. The van der Waals surface area contributed by atoms with E-state index in [0.29, 0.717) is 48.1 Å². The van der Waals surface area contributed by atoms with Gasteiger partial charge in [-0.05, 0) is 82.3 Å². The number of carbonyl (C=O) groups excluding carboxylic acids is 2. The Bertz CT molecular complexity index is 1260. The Morgan fingerprint density at radius 2 is 1.79 bits per heavy atom. The molecule has 39 heavy (non-hydrogen) atoms. The van der Waals surface area contributed by atoms with Gasteiger partial charge in [0.25, 0.3) is 11.8 Å². The van der Waals surface area contributed by atoms with Gasteiger partial charge in [0.05, 0.1) is 11.0 Å². The van der Waals surface area contributed by atoms with Crippen molar-refractivity contribution in [1.82, 2.24) is 20.2 Å². The topological polar surface area (TPSA) is 107 Å². The van der Waals surface area contributed by atoms with Gasteiger partial charge in [0.15, 0.2) is 5.01 Å². The molecule has 0 spiro atoms. The van der Waals surface area contributed by atoms with Crippen LogP contribution in [-0.2, 0) is 0 Å². The molecule has 0 unspecified atom stereocenters. The number of aliphatic hydroxyl groups is 1. The number of nitrogens with zero attached hydrogens (tertiary/aromatic N) is 3. The Hall–Kier alpha value is -2.73. The summed E-state index contributed by atoms with van der Waals surface area (Å²) >= 11 is 1.09. The van der Waals surface area contributed by atoms with E-state index >= 15 is 0 Å². The highest BCUT2D eigenvalue weighted by atomic mass is 32.1. The van der Waals surface area contributed by atoms with Crippen LogP contribution in [0, 0.1) is 12.8 Å². The molecule has 4 fully saturated rings. The van der Waals surface area contributed by atoms with Crippen LogP contribution >= 0.6 is 11.3 Å². The van der Waals surface area contributed by atoms with E-state index in [2.05, 4.69) is 20.6 Å². The molecule has 2 saturated carbocycles. The Labute approximate surface area is 228 Å². The number of fused-ring (bicyclic) bond motifs is 2. The lowest BCUT2D eigenvalue weighted by atomic mass is 10.0. The molecule has 0 aromatic carbocycles. The molecule has 0 radical (unpaired) electrons. The molecule has 3 N–H and O–H groups in total. The van der Waals surface area contributed by atoms with Crippen LogP contribution in [-0.4, -0.2) is 68.2 Å². The minimum absolute atomic E-state index is 0.123. The first kappa shape index (κ1) is 26.5. The lowest BCUT2D eigenvalue weighted by molar-refractivity contribution is -0.146. The van der Waals surface area contributed by atoms with E-state index in [1.165, 1.54) is 6.20 Å². The standard InChI is InChI=1S/C27H32F3N5O3S/c1-13-10-20(33-23(14-2-3-14)27(28,29)30)31-12-19(13)22-21(26(38)35-16-5-6-17(35)8-7-16)34-25(39-22)24(37)32-15-4-9-18(36)11-15/h10,12,14-18,23,36H,2-9,11H2,1H3,(H,31,33)(H,32,37)/t15-,16?,17?,18-,23-/m0/s1. The second-order valence-corrected chi connectivity index (χ2v) is 12.4. The number of amides is 2. The molecule has 4 aliphatic rings. The van der Waals surface area contributed by atoms with Crippen LogP contribution in [0.25, 0.3) is 10.4 Å². The van der Waals surface area contributed by atoms with E-state index in [1.807, 2.05) is 4.90 Å². The van der Waals surface area contributed by atoms with Crippen molar-refractivity contribution in [3.05, 3.63) is 28.5 Å². The molecule has 4 heterocycles. The van der Waals surface area contributed by atoms with Crippen molar-refractivity contribution in [2.75, 3.05) is 5.32 Å². The number of alkyl halides is 3. The number of pyridine rings is 1. The molecule has 8 nitrogen and oxygen atoms in total. The Morgan fingerprint density at radius 3 is 2.36 bits per heavy atom. The molecule has 3 atom stereocenters. The molecule has 2 saturated heterocycles. The van der Waals surface area contributed by atoms with Gasteiger partial charge in [0.2, 0.25) is 0 Å². The Kier molecular flexibility index (Phi) is 6.81. The van der Waals surface area contributed by atoms with Crippen molar-refractivity contribution in [1.29, 1.82) is 0 Å². The van der Waals surface area contributed by atoms with Gasteiger partial charge in [0.1, 0.15) is 17.6 Å². The van der Waals surface area contributed by atoms with Gasteiger partial charge in [-0.15, -0.1) is 11.3 Å². The van der Waals surface area contributed by atoms with Gasteiger partial charge < -0.3 is 20.6 Å². The number of thiazole rings is 1. The number of rotatable bonds is 7. The Morgan fingerprint density at radius 1 is 1.10 bits per heavy atom. The first-order valence-corrected chi connectivity index (χ1v) is 14.5. The van der Waals surface area contributed by atoms with E-state index in [9.17, 15) is 27.9 Å². The van der Waals surface area contributed by atoms with E-state index in [4.69, 9.17) is 0 Å². The van der Waals surface area contributed by atoms with Crippen molar-refractivity contribution in [2.45, 2.75) is 101 Å². The second kappa shape index (κ2) is 10.0. The van der Waals surface area contributed by atoms with Crippen LogP contribution in [0.1, 0.15) is 83.6 Å². The van der Waals surface area contributed by atoms with Gasteiger partial charge in [-0.1, -0.05) is 0 Å². The first-order chi connectivity index (χ1) is 18.6. The normalized spacial score (nSPS) is 27.2. The minimum Gasteiger partial charge on any atom is -0.393 e. The fraction of sp³-hybridized carbons (Fsp3) is 0.630. The van der Waals surface area contributed by atoms with Crippen molar-refractivity contribution in [2.24, 2.45) is 5.92 Å². The van der Waals surface area contributed by atoms with E-state index in [1.54, 1.807) is 13.0 Å². The summed E-state index contributed by atoms with van der Waals surface area (Å²) in [5, 5.41) is 15.5. The predicted octanol–water partition coefficient (Wildman–Crippen LogP) is 4.68.